The summed E-state index contributed by atoms with van der Waals surface area (Å²) >= 11 is 0. The van der Waals surface area contributed by atoms with Gasteiger partial charge in [0, 0.05) is 24.7 Å². The lowest BCUT2D eigenvalue weighted by Crippen LogP contribution is -2.19. The van der Waals surface area contributed by atoms with E-state index in [0.29, 0.717) is 5.92 Å². The largest absolute Gasteiger partial charge is 0.497 e. The van der Waals surface area contributed by atoms with Gasteiger partial charge < -0.3 is 9.64 Å². The summed E-state index contributed by atoms with van der Waals surface area (Å²) in [5, 5.41) is 0. The zero-order chi connectivity index (χ0) is 13.5. The molecule has 0 aromatic heterocycles. The van der Waals surface area contributed by atoms with Crippen LogP contribution in [0.15, 0.2) is 30.0 Å². The Balaban J connectivity index is 1.65. The van der Waals surface area contributed by atoms with E-state index in [-0.39, 0.29) is 0 Å². The number of hydrogen-bond acceptors (Lipinski definition) is 2. The van der Waals surface area contributed by atoms with Gasteiger partial charge in [0.2, 0.25) is 0 Å². The van der Waals surface area contributed by atoms with Gasteiger partial charge in [-0.15, -0.1) is 0 Å². The molecule has 2 heteroatoms. The van der Waals surface area contributed by atoms with Crippen LogP contribution in [0.25, 0.3) is 0 Å². The van der Waals surface area contributed by atoms with Crippen molar-refractivity contribution >= 4 is 0 Å². The molecule has 1 fully saturated rings. The molecule has 1 aromatic rings. The lowest BCUT2D eigenvalue weighted by molar-refractivity contribution is 0.375. The van der Waals surface area contributed by atoms with Crippen LogP contribution in [0.1, 0.15) is 42.7 Å². The van der Waals surface area contributed by atoms with E-state index in [2.05, 4.69) is 29.2 Å². The third kappa shape index (κ3) is 1.93. The summed E-state index contributed by atoms with van der Waals surface area (Å²) in [5.41, 5.74) is 4.68. The number of benzene rings is 1. The third-order valence-corrected chi connectivity index (χ3v) is 5.36. The van der Waals surface area contributed by atoms with Gasteiger partial charge in [0.15, 0.2) is 0 Å². The highest BCUT2D eigenvalue weighted by Crippen LogP contribution is 2.47. The van der Waals surface area contributed by atoms with Gasteiger partial charge in [-0.3, -0.25) is 0 Å². The highest BCUT2D eigenvalue weighted by Gasteiger charge is 2.35. The van der Waals surface area contributed by atoms with Gasteiger partial charge in [-0.2, -0.15) is 0 Å². The fourth-order valence-electron chi connectivity index (χ4n) is 4.26. The molecule has 0 N–H and O–H groups in total. The van der Waals surface area contributed by atoms with Crippen molar-refractivity contribution in [1.82, 2.24) is 4.90 Å². The van der Waals surface area contributed by atoms with E-state index < -0.39 is 0 Å². The average molecular weight is 269 g/mol. The Morgan fingerprint density at radius 3 is 2.85 bits per heavy atom. The van der Waals surface area contributed by atoms with Crippen molar-refractivity contribution in [1.29, 1.82) is 0 Å². The van der Waals surface area contributed by atoms with Crippen molar-refractivity contribution in [3.8, 4) is 5.75 Å². The van der Waals surface area contributed by atoms with Crippen molar-refractivity contribution in [2.75, 3.05) is 20.2 Å². The van der Waals surface area contributed by atoms with Crippen molar-refractivity contribution in [3.63, 3.8) is 0 Å². The number of methoxy groups -OCH3 is 1. The molecule has 3 aliphatic rings. The van der Waals surface area contributed by atoms with Crippen molar-refractivity contribution < 1.29 is 4.74 Å². The van der Waals surface area contributed by atoms with Crippen LogP contribution in [0, 0.1) is 5.92 Å². The number of nitrogens with zero attached hydrogens (tertiary/aromatic N) is 1. The summed E-state index contributed by atoms with van der Waals surface area (Å²) in [6.07, 6.45) is 9.17. The molecule has 0 radical (unpaired) electrons. The van der Waals surface area contributed by atoms with Gasteiger partial charge in [0.1, 0.15) is 5.75 Å². The van der Waals surface area contributed by atoms with Crippen molar-refractivity contribution in [3.05, 3.63) is 41.1 Å². The van der Waals surface area contributed by atoms with Crippen LogP contribution in [0.5, 0.6) is 5.75 Å². The lowest BCUT2D eigenvalue weighted by atomic mass is 9.77. The molecule has 2 nitrogen and oxygen atoms in total. The van der Waals surface area contributed by atoms with E-state index in [4.69, 9.17) is 4.74 Å². The quantitative estimate of drug-likeness (QED) is 0.811. The van der Waals surface area contributed by atoms with Gasteiger partial charge in [-0.1, -0.05) is 12.1 Å². The first-order valence-electron chi connectivity index (χ1n) is 7.97. The first-order chi connectivity index (χ1) is 9.85. The number of rotatable bonds is 2. The Bertz CT molecular complexity index is 542. The van der Waals surface area contributed by atoms with Gasteiger partial charge in [-0.05, 0) is 61.3 Å². The van der Waals surface area contributed by atoms with Gasteiger partial charge >= 0.3 is 0 Å². The predicted octanol–water partition coefficient (Wildman–Crippen LogP) is 3.72. The Kier molecular flexibility index (Phi) is 2.98. The second kappa shape index (κ2) is 4.83. The van der Waals surface area contributed by atoms with Gasteiger partial charge in [0.05, 0.1) is 7.11 Å². The molecule has 0 amide bonds. The standard InChI is InChI=1S/C18H23NO/c1-20-16-6-7-17-14(11-16)5-4-13-10-15(12-18(13)17)19-8-2-3-9-19/h6-7,11-13,18H,2-5,8-10H2,1H3. The monoisotopic (exact) mass is 269 g/mol. The number of aryl methyl sites for hydroxylation is 1. The molecule has 4 rings (SSSR count). The Hall–Kier alpha value is -1.44. The average Bonchev–Trinajstić information content (AvgIpc) is 3.15. The molecular formula is C18H23NO. The molecule has 2 unspecified atom stereocenters. The fourth-order valence-corrected chi connectivity index (χ4v) is 4.26. The van der Waals surface area contributed by atoms with Crippen LogP contribution >= 0.6 is 0 Å². The summed E-state index contributed by atoms with van der Waals surface area (Å²) in [4.78, 5) is 2.63. The minimum absolute atomic E-state index is 0.653. The number of hydrogen-bond donors (Lipinski definition) is 0. The Labute approximate surface area is 121 Å². The first kappa shape index (κ1) is 12.3. The molecule has 0 saturated carbocycles. The molecule has 1 aliphatic heterocycles. The van der Waals surface area contributed by atoms with Crippen LogP contribution in [-0.4, -0.2) is 25.1 Å². The molecule has 0 spiro atoms. The van der Waals surface area contributed by atoms with Crippen molar-refractivity contribution in [2.45, 2.75) is 38.0 Å². The highest BCUT2D eigenvalue weighted by atomic mass is 16.5. The number of fused-ring (bicyclic) bond motifs is 3. The predicted molar refractivity (Wildman–Crippen MR) is 81.1 cm³/mol. The smallest absolute Gasteiger partial charge is 0.119 e. The van der Waals surface area contributed by atoms with E-state index in [9.17, 15) is 0 Å². The Morgan fingerprint density at radius 2 is 2.05 bits per heavy atom. The SMILES string of the molecule is COc1ccc2c(c1)CCC1CC(N3CCCC3)=CC21. The highest BCUT2D eigenvalue weighted by molar-refractivity contribution is 5.43. The third-order valence-electron chi connectivity index (χ3n) is 5.36. The molecule has 1 heterocycles. The van der Waals surface area contributed by atoms with Crippen LogP contribution in [0.4, 0.5) is 0 Å². The van der Waals surface area contributed by atoms with Crippen LogP contribution < -0.4 is 4.74 Å². The van der Waals surface area contributed by atoms with Gasteiger partial charge in [-0.25, -0.2) is 0 Å². The molecule has 20 heavy (non-hydrogen) atoms. The molecule has 1 aromatic carbocycles. The second-order valence-electron chi connectivity index (χ2n) is 6.45. The topological polar surface area (TPSA) is 12.5 Å². The number of likely N-dealkylation sites (tertiary alicyclic amines) is 1. The minimum atomic E-state index is 0.653. The molecule has 1 saturated heterocycles. The summed E-state index contributed by atoms with van der Waals surface area (Å²) in [5.74, 6) is 2.50. The fraction of sp³-hybridized carbons (Fsp3) is 0.556. The zero-order valence-corrected chi connectivity index (χ0v) is 12.3. The van der Waals surface area contributed by atoms with Crippen molar-refractivity contribution in [2.24, 2.45) is 5.92 Å². The minimum Gasteiger partial charge on any atom is -0.497 e. The molecule has 106 valence electrons. The maximum atomic E-state index is 5.37. The maximum Gasteiger partial charge on any atom is 0.119 e. The number of ether oxygens (including phenoxy) is 1. The van der Waals surface area contributed by atoms with E-state index >= 15 is 0 Å². The Morgan fingerprint density at radius 1 is 1.20 bits per heavy atom. The molecule has 2 aliphatic carbocycles. The first-order valence-corrected chi connectivity index (χ1v) is 7.97. The van der Waals surface area contributed by atoms with E-state index in [1.165, 1.54) is 50.8 Å². The summed E-state index contributed by atoms with van der Waals surface area (Å²) < 4.78 is 5.37. The van der Waals surface area contributed by atoms with Crippen LogP contribution in [0.3, 0.4) is 0 Å². The number of allylic oxidation sites excluding steroid dienone is 2. The zero-order valence-electron chi connectivity index (χ0n) is 12.3. The van der Waals surface area contributed by atoms with Gasteiger partial charge in [0.25, 0.3) is 0 Å². The van der Waals surface area contributed by atoms with E-state index in [1.54, 1.807) is 18.4 Å². The van der Waals surface area contributed by atoms with Crippen LogP contribution in [-0.2, 0) is 6.42 Å². The normalized spacial score (nSPS) is 28.1. The second-order valence-corrected chi connectivity index (χ2v) is 6.45. The van der Waals surface area contributed by atoms with Crippen LogP contribution in [0.2, 0.25) is 0 Å². The molecule has 2 atom stereocenters. The maximum absolute atomic E-state index is 5.37. The lowest BCUT2D eigenvalue weighted by Gasteiger charge is -2.28. The molecule has 0 bridgehead atoms. The van der Waals surface area contributed by atoms with E-state index in [1.807, 2.05) is 0 Å². The summed E-state index contributed by atoms with van der Waals surface area (Å²) in [6.45, 7) is 2.56. The molecular weight excluding hydrogens is 246 g/mol. The summed E-state index contributed by atoms with van der Waals surface area (Å²) in [7, 11) is 1.76. The summed E-state index contributed by atoms with van der Waals surface area (Å²) in [6, 6.07) is 6.67. The van der Waals surface area contributed by atoms with E-state index in [0.717, 1.165) is 11.7 Å².